The van der Waals surface area contributed by atoms with Crippen LogP contribution in [0.5, 0.6) is 0 Å². The van der Waals surface area contributed by atoms with E-state index in [0.717, 1.165) is 18.7 Å². The van der Waals surface area contributed by atoms with E-state index in [1.165, 1.54) is 5.69 Å². The van der Waals surface area contributed by atoms with Crippen molar-refractivity contribution < 1.29 is 4.74 Å². The first kappa shape index (κ1) is 17.9. The Morgan fingerprint density at radius 1 is 1.19 bits per heavy atom. The van der Waals surface area contributed by atoms with Gasteiger partial charge in [0.15, 0.2) is 0 Å². The van der Waals surface area contributed by atoms with Crippen LogP contribution in [-0.2, 0) is 11.3 Å². The van der Waals surface area contributed by atoms with E-state index >= 15 is 0 Å². The molecule has 2 N–H and O–H groups in total. The lowest BCUT2D eigenvalue weighted by molar-refractivity contribution is 0.206. The second-order valence-corrected chi connectivity index (χ2v) is 3.28. The molecule has 0 saturated heterocycles. The van der Waals surface area contributed by atoms with Crippen LogP contribution in [0.25, 0.3) is 0 Å². The standard InChI is InChI=1S/C11H18N2O.2ClH/c1-13(7-8-14-2)11-5-3-10(9-12)4-6-11;;/h3-6H,7-9,12H2,1-2H3;2*1H. The van der Waals surface area contributed by atoms with E-state index in [4.69, 9.17) is 10.5 Å². The van der Waals surface area contributed by atoms with Gasteiger partial charge in [-0.15, -0.1) is 24.8 Å². The minimum atomic E-state index is 0. The summed E-state index contributed by atoms with van der Waals surface area (Å²) in [6.45, 7) is 2.25. The summed E-state index contributed by atoms with van der Waals surface area (Å²) in [5.41, 5.74) is 7.88. The molecule has 1 rings (SSSR count). The van der Waals surface area contributed by atoms with Crippen molar-refractivity contribution in [2.24, 2.45) is 5.73 Å². The Labute approximate surface area is 110 Å². The highest BCUT2D eigenvalue weighted by Gasteiger charge is 1.99. The Balaban J connectivity index is 0. The number of nitrogens with zero attached hydrogens (tertiary/aromatic N) is 1. The van der Waals surface area contributed by atoms with E-state index in [1.54, 1.807) is 7.11 Å². The van der Waals surface area contributed by atoms with Gasteiger partial charge in [0, 0.05) is 32.9 Å². The molecule has 0 saturated carbocycles. The summed E-state index contributed by atoms with van der Waals surface area (Å²) in [4.78, 5) is 2.16. The van der Waals surface area contributed by atoms with Crippen LogP contribution in [0.4, 0.5) is 5.69 Å². The Morgan fingerprint density at radius 3 is 2.19 bits per heavy atom. The third-order valence-corrected chi connectivity index (χ3v) is 2.24. The van der Waals surface area contributed by atoms with Gasteiger partial charge in [-0.05, 0) is 17.7 Å². The van der Waals surface area contributed by atoms with Crippen molar-refractivity contribution >= 4 is 30.5 Å². The lowest BCUT2D eigenvalue weighted by Gasteiger charge is -2.18. The fourth-order valence-electron chi connectivity index (χ4n) is 1.24. The van der Waals surface area contributed by atoms with Crippen LogP contribution in [0.3, 0.4) is 0 Å². The molecular formula is C11H20Cl2N2O. The van der Waals surface area contributed by atoms with E-state index in [9.17, 15) is 0 Å². The molecule has 0 aliphatic rings. The zero-order valence-corrected chi connectivity index (χ0v) is 11.3. The van der Waals surface area contributed by atoms with Crippen LogP contribution in [-0.4, -0.2) is 27.3 Å². The Kier molecular flexibility index (Phi) is 10.9. The molecule has 94 valence electrons. The number of ether oxygens (including phenoxy) is 1. The number of hydrogen-bond donors (Lipinski definition) is 1. The maximum absolute atomic E-state index is 5.52. The predicted octanol–water partition coefficient (Wildman–Crippen LogP) is 2.07. The van der Waals surface area contributed by atoms with Gasteiger partial charge in [-0.2, -0.15) is 0 Å². The monoisotopic (exact) mass is 266 g/mol. The van der Waals surface area contributed by atoms with Crippen LogP contribution in [0.15, 0.2) is 24.3 Å². The van der Waals surface area contributed by atoms with Gasteiger partial charge in [-0.3, -0.25) is 0 Å². The first-order valence-electron chi connectivity index (χ1n) is 4.77. The summed E-state index contributed by atoms with van der Waals surface area (Å²) in [7, 11) is 3.77. The van der Waals surface area contributed by atoms with Gasteiger partial charge in [-0.1, -0.05) is 12.1 Å². The Hall–Kier alpha value is -0.480. The van der Waals surface area contributed by atoms with Crippen molar-refractivity contribution in [1.29, 1.82) is 0 Å². The average Bonchev–Trinajstić information content (AvgIpc) is 2.26. The molecular weight excluding hydrogens is 247 g/mol. The molecule has 0 spiro atoms. The predicted molar refractivity (Wildman–Crippen MR) is 74.0 cm³/mol. The molecule has 1 aromatic rings. The van der Waals surface area contributed by atoms with Gasteiger partial charge in [0.05, 0.1) is 6.61 Å². The van der Waals surface area contributed by atoms with E-state index < -0.39 is 0 Å². The molecule has 0 bridgehead atoms. The van der Waals surface area contributed by atoms with Crippen LogP contribution in [0.2, 0.25) is 0 Å². The minimum absolute atomic E-state index is 0. The first-order valence-corrected chi connectivity index (χ1v) is 4.77. The van der Waals surface area contributed by atoms with Crippen molar-refractivity contribution in [2.75, 3.05) is 32.2 Å². The number of rotatable bonds is 5. The topological polar surface area (TPSA) is 38.5 Å². The maximum Gasteiger partial charge on any atom is 0.0637 e. The highest BCUT2D eigenvalue weighted by molar-refractivity contribution is 5.85. The highest BCUT2D eigenvalue weighted by atomic mass is 35.5. The van der Waals surface area contributed by atoms with Crippen LogP contribution in [0.1, 0.15) is 5.56 Å². The SMILES string of the molecule is COCCN(C)c1ccc(CN)cc1.Cl.Cl. The molecule has 0 unspecified atom stereocenters. The van der Waals surface area contributed by atoms with Crippen LogP contribution >= 0.6 is 24.8 Å². The second kappa shape index (κ2) is 9.73. The summed E-state index contributed by atoms with van der Waals surface area (Å²) < 4.78 is 5.02. The van der Waals surface area contributed by atoms with E-state index in [1.807, 2.05) is 0 Å². The fraction of sp³-hybridized carbons (Fsp3) is 0.455. The van der Waals surface area contributed by atoms with Crippen molar-refractivity contribution in [3.63, 3.8) is 0 Å². The quantitative estimate of drug-likeness (QED) is 0.887. The molecule has 0 aliphatic heterocycles. The zero-order chi connectivity index (χ0) is 10.4. The molecule has 0 heterocycles. The number of anilines is 1. The van der Waals surface area contributed by atoms with Crippen LogP contribution < -0.4 is 10.6 Å². The number of halogens is 2. The summed E-state index contributed by atoms with van der Waals surface area (Å²) >= 11 is 0. The van der Waals surface area contributed by atoms with Crippen molar-refractivity contribution in [3.05, 3.63) is 29.8 Å². The van der Waals surface area contributed by atoms with Crippen LogP contribution in [0, 0.1) is 0 Å². The molecule has 0 amide bonds. The summed E-state index contributed by atoms with van der Waals surface area (Å²) in [6.07, 6.45) is 0. The number of nitrogens with two attached hydrogens (primary N) is 1. The molecule has 0 fully saturated rings. The van der Waals surface area contributed by atoms with Gasteiger partial charge in [0.1, 0.15) is 0 Å². The lowest BCUT2D eigenvalue weighted by Crippen LogP contribution is -2.21. The zero-order valence-electron chi connectivity index (χ0n) is 9.68. The molecule has 0 atom stereocenters. The molecule has 3 nitrogen and oxygen atoms in total. The van der Waals surface area contributed by atoms with E-state index in [2.05, 4.69) is 36.2 Å². The second-order valence-electron chi connectivity index (χ2n) is 3.28. The minimum Gasteiger partial charge on any atom is -0.383 e. The van der Waals surface area contributed by atoms with Crippen molar-refractivity contribution in [1.82, 2.24) is 0 Å². The molecule has 0 radical (unpaired) electrons. The van der Waals surface area contributed by atoms with Gasteiger partial charge in [-0.25, -0.2) is 0 Å². The molecule has 16 heavy (non-hydrogen) atoms. The Morgan fingerprint density at radius 2 is 1.75 bits per heavy atom. The molecule has 1 aromatic carbocycles. The third-order valence-electron chi connectivity index (χ3n) is 2.24. The molecule has 0 aromatic heterocycles. The smallest absolute Gasteiger partial charge is 0.0637 e. The van der Waals surface area contributed by atoms with Gasteiger partial charge in [0.2, 0.25) is 0 Å². The van der Waals surface area contributed by atoms with Gasteiger partial charge < -0.3 is 15.4 Å². The van der Waals surface area contributed by atoms with Gasteiger partial charge >= 0.3 is 0 Å². The first-order chi connectivity index (χ1) is 6.77. The summed E-state index contributed by atoms with van der Waals surface area (Å²) in [6, 6.07) is 8.27. The number of hydrogen-bond acceptors (Lipinski definition) is 3. The fourth-order valence-corrected chi connectivity index (χ4v) is 1.24. The lowest BCUT2D eigenvalue weighted by atomic mass is 10.2. The van der Waals surface area contributed by atoms with E-state index in [0.29, 0.717) is 6.54 Å². The average molecular weight is 267 g/mol. The normalized spacial score (nSPS) is 8.94. The number of likely N-dealkylation sites (N-methyl/N-ethyl adjacent to an activating group) is 1. The Bertz CT molecular complexity index is 267. The highest BCUT2D eigenvalue weighted by Crippen LogP contribution is 2.12. The molecule has 0 aliphatic carbocycles. The van der Waals surface area contributed by atoms with Gasteiger partial charge in [0.25, 0.3) is 0 Å². The van der Waals surface area contributed by atoms with Crippen molar-refractivity contribution in [3.8, 4) is 0 Å². The van der Waals surface area contributed by atoms with E-state index in [-0.39, 0.29) is 24.8 Å². The summed E-state index contributed by atoms with van der Waals surface area (Å²) in [5, 5.41) is 0. The maximum atomic E-state index is 5.52. The summed E-state index contributed by atoms with van der Waals surface area (Å²) in [5.74, 6) is 0. The third kappa shape index (κ3) is 5.56. The largest absolute Gasteiger partial charge is 0.383 e. The number of methoxy groups -OCH3 is 1. The van der Waals surface area contributed by atoms with Crippen molar-refractivity contribution in [2.45, 2.75) is 6.54 Å². The number of benzene rings is 1. The molecule has 5 heteroatoms.